The van der Waals surface area contributed by atoms with Gasteiger partial charge in [0.05, 0.1) is 6.54 Å². The number of para-hydroxylation sites is 1. The SMILES string of the molecule is CCNC(=NCc1ccc(CN(CC)CC)cc1)NCC1CC(=O)Nc2ccccc21.I. The second-order valence-electron chi connectivity index (χ2n) is 7.89. The van der Waals surface area contributed by atoms with E-state index in [4.69, 9.17) is 4.99 Å². The third kappa shape index (κ3) is 7.48. The summed E-state index contributed by atoms with van der Waals surface area (Å²) in [5.74, 6) is 0.976. The number of hydrogen-bond acceptors (Lipinski definition) is 3. The average molecular weight is 550 g/mol. The molecule has 0 aromatic heterocycles. The lowest BCUT2D eigenvalue weighted by Crippen LogP contribution is -2.40. The van der Waals surface area contributed by atoms with Crippen LogP contribution < -0.4 is 16.0 Å². The Balaban J connectivity index is 0.00000363. The zero-order chi connectivity index (χ0) is 22.1. The van der Waals surface area contributed by atoms with E-state index in [0.29, 0.717) is 19.5 Å². The van der Waals surface area contributed by atoms with Crippen molar-refractivity contribution in [1.29, 1.82) is 0 Å². The van der Waals surface area contributed by atoms with E-state index in [1.54, 1.807) is 0 Å². The maximum Gasteiger partial charge on any atom is 0.225 e. The van der Waals surface area contributed by atoms with Crippen molar-refractivity contribution in [1.82, 2.24) is 15.5 Å². The first kappa shape index (κ1) is 26.1. The molecule has 1 heterocycles. The lowest BCUT2D eigenvalue weighted by molar-refractivity contribution is -0.116. The van der Waals surface area contributed by atoms with Crippen LogP contribution in [0.3, 0.4) is 0 Å². The monoisotopic (exact) mass is 549 g/mol. The summed E-state index contributed by atoms with van der Waals surface area (Å²) in [7, 11) is 0. The molecule has 1 amide bonds. The number of carbonyl (C=O) groups is 1. The molecule has 1 atom stereocenters. The summed E-state index contributed by atoms with van der Waals surface area (Å²) in [6.07, 6.45) is 0.484. The predicted molar refractivity (Wildman–Crippen MR) is 144 cm³/mol. The van der Waals surface area contributed by atoms with Crippen LogP contribution in [-0.2, 0) is 17.9 Å². The Labute approximate surface area is 209 Å². The van der Waals surface area contributed by atoms with Gasteiger partial charge in [-0.1, -0.05) is 56.3 Å². The van der Waals surface area contributed by atoms with Crippen molar-refractivity contribution in [2.24, 2.45) is 4.99 Å². The number of fused-ring (bicyclic) bond motifs is 1. The predicted octanol–water partition coefficient (Wildman–Crippen LogP) is 4.33. The first-order chi connectivity index (χ1) is 15.1. The van der Waals surface area contributed by atoms with Gasteiger partial charge in [-0.05, 0) is 42.8 Å². The molecule has 0 spiro atoms. The van der Waals surface area contributed by atoms with Crippen LogP contribution in [-0.4, -0.2) is 42.9 Å². The highest BCUT2D eigenvalue weighted by molar-refractivity contribution is 14.0. The highest BCUT2D eigenvalue weighted by atomic mass is 127. The highest BCUT2D eigenvalue weighted by Gasteiger charge is 2.24. The van der Waals surface area contributed by atoms with Gasteiger partial charge in [0.25, 0.3) is 0 Å². The molecule has 0 saturated heterocycles. The molecule has 1 aliphatic heterocycles. The number of anilines is 1. The van der Waals surface area contributed by atoms with Crippen LogP contribution in [0.5, 0.6) is 0 Å². The van der Waals surface area contributed by atoms with Gasteiger partial charge >= 0.3 is 0 Å². The number of benzene rings is 2. The number of nitrogens with zero attached hydrogens (tertiary/aromatic N) is 2. The molecule has 0 saturated carbocycles. The Morgan fingerprint density at radius 2 is 1.72 bits per heavy atom. The molecule has 1 aliphatic rings. The molecule has 174 valence electrons. The lowest BCUT2D eigenvalue weighted by atomic mass is 9.90. The van der Waals surface area contributed by atoms with Crippen molar-refractivity contribution in [3.63, 3.8) is 0 Å². The maximum absolute atomic E-state index is 12.1. The number of hydrogen-bond donors (Lipinski definition) is 3. The number of halogens is 1. The Kier molecular flexibility index (Phi) is 11.0. The van der Waals surface area contributed by atoms with Gasteiger partial charge in [0, 0.05) is 37.7 Å². The second kappa shape index (κ2) is 13.4. The molecule has 0 aliphatic carbocycles. The Hall–Kier alpha value is -2.13. The van der Waals surface area contributed by atoms with Crippen LogP contribution in [0, 0.1) is 0 Å². The molecular formula is C25H36IN5O. The number of rotatable bonds is 9. The summed E-state index contributed by atoms with van der Waals surface area (Å²) < 4.78 is 0. The Bertz CT molecular complexity index is 880. The standard InChI is InChI=1S/C25H35N5O.HI/c1-4-26-25(27-16-19-11-13-20(14-12-19)18-30(5-2)6-3)28-17-21-15-24(31)29-23-10-8-7-9-22(21)23;/h7-14,21H,4-6,15-18H2,1-3H3,(H,29,31)(H2,26,27,28);1H. The molecule has 0 bridgehead atoms. The zero-order valence-corrected chi connectivity index (χ0v) is 21.7. The van der Waals surface area contributed by atoms with Gasteiger partial charge in [0.1, 0.15) is 0 Å². The molecule has 2 aromatic rings. The quantitative estimate of drug-likeness (QED) is 0.248. The van der Waals surface area contributed by atoms with Crippen LogP contribution in [0.2, 0.25) is 0 Å². The van der Waals surface area contributed by atoms with Crippen LogP contribution in [0.1, 0.15) is 49.8 Å². The molecule has 0 radical (unpaired) electrons. The van der Waals surface area contributed by atoms with Crippen molar-refractivity contribution in [3.05, 3.63) is 65.2 Å². The third-order valence-corrected chi connectivity index (χ3v) is 5.71. The maximum atomic E-state index is 12.1. The molecule has 3 rings (SSSR count). The van der Waals surface area contributed by atoms with Crippen LogP contribution in [0.25, 0.3) is 0 Å². The number of aliphatic imine (C=N–C) groups is 1. The smallest absolute Gasteiger partial charge is 0.225 e. The molecule has 7 heteroatoms. The Morgan fingerprint density at radius 3 is 2.41 bits per heavy atom. The fraction of sp³-hybridized carbons (Fsp3) is 0.440. The van der Waals surface area contributed by atoms with E-state index >= 15 is 0 Å². The molecular weight excluding hydrogens is 513 g/mol. The first-order valence-corrected chi connectivity index (χ1v) is 11.3. The minimum Gasteiger partial charge on any atom is -0.357 e. The lowest BCUT2D eigenvalue weighted by Gasteiger charge is -2.26. The van der Waals surface area contributed by atoms with Gasteiger partial charge in [-0.3, -0.25) is 9.69 Å². The summed E-state index contributed by atoms with van der Waals surface area (Å²) in [5.41, 5.74) is 4.60. The number of carbonyl (C=O) groups excluding carboxylic acids is 1. The van der Waals surface area contributed by atoms with Gasteiger partial charge in [-0.15, -0.1) is 24.0 Å². The van der Waals surface area contributed by atoms with Crippen LogP contribution >= 0.6 is 24.0 Å². The summed E-state index contributed by atoms with van der Waals surface area (Å²) in [6.45, 7) is 11.6. The van der Waals surface area contributed by atoms with Crippen molar-refractivity contribution in [2.75, 3.05) is 31.5 Å². The average Bonchev–Trinajstić information content (AvgIpc) is 2.79. The molecule has 2 aromatic carbocycles. The van der Waals surface area contributed by atoms with Crippen molar-refractivity contribution in [2.45, 2.75) is 46.2 Å². The van der Waals surface area contributed by atoms with Crippen LogP contribution in [0.4, 0.5) is 5.69 Å². The van der Waals surface area contributed by atoms with E-state index in [1.807, 2.05) is 18.2 Å². The highest BCUT2D eigenvalue weighted by Crippen LogP contribution is 2.31. The van der Waals surface area contributed by atoms with Crippen molar-refractivity contribution < 1.29 is 4.79 Å². The molecule has 3 N–H and O–H groups in total. The molecule has 6 nitrogen and oxygen atoms in total. The van der Waals surface area contributed by atoms with Gasteiger partial charge in [0.15, 0.2) is 5.96 Å². The van der Waals surface area contributed by atoms with E-state index < -0.39 is 0 Å². The summed E-state index contributed by atoms with van der Waals surface area (Å²) >= 11 is 0. The summed E-state index contributed by atoms with van der Waals surface area (Å²) in [6, 6.07) is 16.7. The van der Waals surface area contributed by atoms with E-state index in [2.05, 4.69) is 72.0 Å². The summed E-state index contributed by atoms with van der Waals surface area (Å²) in [4.78, 5) is 19.2. The fourth-order valence-corrected chi connectivity index (χ4v) is 3.87. The van der Waals surface area contributed by atoms with E-state index in [-0.39, 0.29) is 35.8 Å². The normalized spacial score (nSPS) is 15.6. The van der Waals surface area contributed by atoms with E-state index in [0.717, 1.165) is 37.8 Å². The number of nitrogens with one attached hydrogen (secondary N) is 3. The fourth-order valence-electron chi connectivity index (χ4n) is 3.87. The minimum atomic E-state index is 0. The van der Waals surface area contributed by atoms with Crippen molar-refractivity contribution >= 4 is 41.5 Å². The number of amides is 1. The van der Waals surface area contributed by atoms with Crippen molar-refractivity contribution in [3.8, 4) is 0 Å². The Morgan fingerprint density at radius 1 is 1.03 bits per heavy atom. The zero-order valence-electron chi connectivity index (χ0n) is 19.4. The largest absolute Gasteiger partial charge is 0.357 e. The summed E-state index contributed by atoms with van der Waals surface area (Å²) in [5, 5.41) is 9.70. The molecule has 1 unspecified atom stereocenters. The van der Waals surface area contributed by atoms with E-state index in [9.17, 15) is 4.79 Å². The van der Waals surface area contributed by atoms with Crippen LogP contribution in [0.15, 0.2) is 53.5 Å². The van der Waals surface area contributed by atoms with E-state index in [1.165, 1.54) is 16.7 Å². The minimum absolute atomic E-state index is 0. The first-order valence-electron chi connectivity index (χ1n) is 11.3. The third-order valence-electron chi connectivity index (χ3n) is 5.71. The van der Waals surface area contributed by atoms with Gasteiger partial charge < -0.3 is 16.0 Å². The van der Waals surface area contributed by atoms with Gasteiger partial charge in [0.2, 0.25) is 5.91 Å². The second-order valence-corrected chi connectivity index (χ2v) is 7.89. The topological polar surface area (TPSA) is 68.8 Å². The molecule has 32 heavy (non-hydrogen) atoms. The van der Waals surface area contributed by atoms with Gasteiger partial charge in [-0.2, -0.15) is 0 Å². The molecule has 0 fully saturated rings. The number of guanidine groups is 1. The van der Waals surface area contributed by atoms with Gasteiger partial charge in [-0.25, -0.2) is 4.99 Å².